The molecule has 2 fully saturated rings. The zero-order valence-electron chi connectivity index (χ0n) is 18.6. The highest BCUT2D eigenvalue weighted by Gasteiger charge is 2.32. The fraction of sp³-hybridized carbons (Fsp3) is 0.600. The Kier molecular flexibility index (Phi) is 6.10. The molecule has 6 nitrogen and oxygen atoms in total. The second-order valence-corrected chi connectivity index (χ2v) is 9.59. The molecule has 0 radical (unpaired) electrons. The van der Waals surface area contributed by atoms with Crippen LogP contribution in [-0.2, 0) is 17.6 Å². The lowest BCUT2D eigenvalue weighted by molar-refractivity contribution is 0.0426. The van der Waals surface area contributed by atoms with E-state index in [9.17, 15) is 4.79 Å². The third kappa shape index (κ3) is 4.70. The van der Waals surface area contributed by atoms with Gasteiger partial charge in [-0.25, -0.2) is 0 Å². The summed E-state index contributed by atoms with van der Waals surface area (Å²) in [6.45, 7) is 6.51. The van der Waals surface area contributed by atoms with Crippen LogP contribution in [0, 0.1) is 12.8 Å². The van der Waals surface area contributed by atoms with Gasteiger partial charge in [0.15, 0.2) is 0 Å². The van der Waals surface area contributed by atoms with E-state index in [0.29, 0.717) is 24.2 Å². The second kappa shape index (κ2) is 9.13. The Morgan fingerprint density at radius 2 is 1.90 bits per heavy atom. The third-order valence-electron chi connectivity index (χ3n) is 7.33. The SMILES string of the molecule is Cc1cc(C(=O)N(CC2CCN(C3Cc4ccccc4C3)CC2)CC2CCCO2)n[nH]1. The maximum Gasteiger partial charge on any atom is 0.274 e. The smallest absolute Gasteiger partial charge is 0.274 e. The van der Waals surface area contributed by atoms with Crippen molar-refractivity contribution < 1.29 is 9.53 Å². The van der Waals surface area contributed by atoms with Crippen LogP contribution in [0.4, 0.5) is 0 Å². The molecule has 1 aliphatic carbocycles. The molecule has 3 heterocycles. The van der Waals surface area contributed by atoms with E-state index in [1.165, 1.54) is 24.0 Å². The first-order chi connectivity index (χ1) is 15.2. The van der Waals surface area contributed by atoms with Crippen LogP contribution in [-0.4, -0.2) is 70.8 Å². The van der Waals surface area contributed by atoms with Crippen molar-refractivity contribution in [2.24, 2.45) is 5.92 Å². The molecule has 1 atom stereocenters. The van der Waals surface area contributed by atoms with Crippen LogP contribution in [0.2, 0.25) is 0 Å². The fourth-order valence-electron chi connectivity index (χ4n) is 5.57. The second-order valence-electron chi connectivity index (χ2n) is 9.59. The summed E-state index contributed by atoms with van der Waals surface area (Å²) < 4.78 is 5.85. The van der Waals surface area contributed by atoms with Gasteiger partial charge in [-0.2, -0.15) is 5.10 Å². The van der Waals surface area contributed by atoms with Crippen LogP contribution in [0.25, 0.3) is 0 Å². The number of hydrogen-bond acceptors (Lipinski definition) is 4. The highest BCUT2D eigenvalue weighted by atomic mass is 16.5. The minimum Gasteiger partial charge on any atom is -0.376 e. The lowest BCUT2D eigenvalue weighted by Crippen LogP contribution is -2.46. The first kappa shape index (κ1) is 20.7. The molecule has 0 spiro atoms. The maximum atomic E-state index is 13.2. The summed E-state index contributed by atoms with van der Waals surface area (Å²) in [7, 11) is 0. The number of aryl methyl sites for hydroxylation is 1. The summed E-state index contributed by atoms with van der Waals surface area (Å²) in [5.41, 5.74) is 4.50. The van der Waals surface area contributed by atoms with E-state index in [1.807, 2.05) is 17.9 Å². The zero-order chi connectivity index (χ0) is 21.2. The van der Waals surface area contributed by atoms with Crippen LogP contribution < -0.4 is 0 Å². The van der Waals surface area contributed by atoms with E-state index in [2.05, 4.69) is 39.4 Å². The van der Waals surface area contributed by atoms with E-state index >= 15 is 0 Å². The number of piperidine rings is 1. The van der Waals surface area contributed by atoms with Gasteiger partial charge in [-0.15, -0.1) is 0 Å². The van der Waals surface area contributed by atoms with Crippen molar-refractivity contribution in [3.05, 3.63) is 52.8 Å². The van der Waals surface area contributed by atoms with Crippen molar-refractivity contribution in [3.63, 3.8) is 0 Å². The fourth-order valence-corrected chi connectivity index (χ4v) is 5.57. The number of rotatable bonds is 6. The average molecular weight is 423 g/mol. The van der Waals surface area contributed by atoms with E-state index < -0.39 is 0 Å². The molecular formula is C25H34N4O2. The first-order valence-electron chi connectivity index (χ1n) is 11.9. The molecule has 1 aromatic carbocycles. The Hall–Kier alpha value is -2.18. The number of fused-ring (bicyclic) bond motifs is 1. The van der Waals surface area contributed by atoms with Crippen LogP contribution in [0.3, 0.4) is 0 Å². The molecule has 2 aromatic rings. The summed E-state index contributed by atoms with van der Waals surface area (Å²) in [6.07, 6.45) is 6.98. The topological polar surface area (TPSA) is 61.5 Å². The van der Waals surface area contributed by atoms with E-state index in [4.69, 9.17) is 4.74 Å². The van der Waals surface area contributed by atoms with Gasteiger partial charge in [0.25, 0.3) is 5.91 Å². The average Bonchev–Trinajstić information content (AvgIpc) is 3.54. The summed E-state index contributed by atoms with van der Waals surface area (Å²) in [5, 5.41) is 7.13. The first-order valence-corrected chi connectivity index (χ1v) is 11.9. The molecule has 5 rings (SSSR count). The summed E-state index contributed by atoms with van der Waals surface area (Å²) in [6, 6.07) is 11.4. The normalized spacial score (nSPS) is 22.7. The highest BCUT2D eigenvalue weighted by Crippen LogP contribution is 2.29. The largest absolute Gasteiger partial charge is 0.376 e. The van der Waals surface area contributed by atoms with Crippen molar-refractivity contribution in [1.29, 1.82) is 0 Å². The Morgan fingerprint density at radius 3 is 2.52 bits per heavy atom. The summed E-state index contributed by atoms with van der Waals surface area (Å²) in [5.74, 6) is 0.582. The number of H-pyrrole nitrogens is 1. The number of hydrogen-bond donors (Lipinski definition) is 1. The van der Waals surface area contributed by atoms with E-state index in [0.717, 1.165) is 57.6 Å². The molecular weight excluding hydrogens is 388 g/mol. The van der Waals surface area contributed by atoms with Gasteiger partial charge in [0, 0.05) is 31.4 Å². The molecule has 1 aromatic heterocycles. The molecule has 31 heavy (non-hydrogen) atoms. The maximum absolute atomic E-state index is 13.2. The molecule has 2 aliphatic heterocycles. The molecule has 0 saturated carbocycles. The lowest BCUT2D eigenvalue weighted by atomic mass is 9.94. The minimum atomic E-state index is 0.0357. The van der Waals surface area contributed by atoms with Crippen molar-refractivity contribution >= 4 is 5.91 Å². The van der Waals surface area contributed by atoms with Gasteiger partial charge in [0.2, 0.25) is 0 Å². The van der Waals surface area contributed by atoms with Gasteiger partial charge in [-0.3, -0.25) is 14.8 Å². The highest BCUT2D eigenvalue weighted by molar-refractivity contribution is 5.92. The molecule has 2 saturated heterocycles. The van der Waals surface area contributed by atoms with Gasteiger partial charge in [0.05, 0.1) is 6.10 Å². The van der Waals surface area contributed by atoms with Gasteiger partial charge < -0.3 is 9.64 Å². The number of benzene rings is 1. The number of nitrogens with one attached hydrogen (secondary N) is 1. The molecule has 3 aliphatic rings. The Balaban J connectivity index is 1.18. The predicted molar refractivity (Wildman–Crippen MR) is 120 cm³/mol. The third-order valence-corrected chi connectivity index (χ3v) is 7.33. The molecule has 1 N–H and O–H groups in total. The Morgan fingerprint density at radius 1 is 1.16 bits per heavy atom. The number of likely N-dealkylation sites (tertiary alicyclic amines) is 1. The Labute approximate surface area is 185 Å². The number of carbonyl (C=O) groups is 1. The van der Waals surface area contributed by atoms with Crippen LogP contribution in [0.1, 0.15) is 53.0 Å². The number of amides is 1. The summed E-state index contributed by atoms with van der Waals surface area (Å²) >= 11 is 0. The van der Waals surface area contributed by atoms with E-state index in [1.54, 1.807) is 0 Å². The van der Waals surface area contributed by atoms with Crippen molar-refractivity contribution in [2.45, 2.75) is 57.6 Å². The van der Waals surface area contributed by atoms with E-state index in [-0.39, 0.29) is 12.0 Å². The standard InChI is InChI=1S/C25H34N4O2/c1-18-13-24(27-26-18)25(30)29(17-23-7-4-12-31-23)16-19-8-10-28(11-9-19)22-14-20-5-2-3-6-21(20)15-22/h2-3,5-6,13,19,22-23H,4,7-12,14-17H2,1H3,(H,26,27). The molecule has 6 heteroatoms. The van der Waals surface area contributed by atoms with Crippen LogP contribution in [0.15, 0.2) is 30.3 Å². The molecule has 0 bridgehead atoms. The number of aromatic nitrogens is 2. The molecule has 1 amide bonds. The quantitative estimate of drug-likeness (QED) is 0.777. The van der Waals surface area contributed by atoms with Crippen LogP contribution in [0.5, 0.6) is 0 Å². The van der Waals surface area contributed by atoms with Gasteiger partial charge in [-0.05, 0) is 81.6 Å². The van der Waals surface area contributed by atoms with Crippen molar-refractivity contribution in [3.8, 4) is 0 Å². The van der Waals surface area contributed by atoms with Crippen molar-refractivity contribution in [1.82, 2.24) is 20.0 Å². The molecule has 1 unspecified atom stereocenters. The number of carbonyl (C=O) groups excluding carboxylic acids is 1. The number of nitrogens with zero attached hydrogens (tertiary/aromatic N) is 3. The van der Waals surface area contributed by atoms with Gasteiger partial charge >= 0.3 is 0 Å². The molecule has 166 valence electrons. The zero-order valence-corrected chi connectivity index (χ0v) is 18.6. The predicted octanol–water partition coefficient (Wildman–Crippen LogP) is 3.22. The Bertz CT molecular complexity index is 871. The van der Waals surface area contributed by atoms with Crippen LogP contribution >= 0.6 is 0 Å². The lowest BCUT2D eigenvalue weighted by Gasteiger charge is -2.38. The monoisotopic (exact) mass is 422 g/mol. The van der Waals surface area contributed by atoms with Gasteiger partial charge in [0.1, 0.15) is 5.69 Å². The number of ether oxygens (including phenoxy) is 1. The van der Waals surface area contributed by atoms with Crippen molar-refractivity contribution in [2.75, 3.05) is 32.8 Å². The minimum absolute atomic E-state index is 0.0357. The summed E-state index contributed by atoms with van der Waals surface area (Å²) in [4.78, 5) is 17.9. The number of aromatic amines is 1. The van der Waals surface area contributed by atoms with Gasteiger partial charge in [-0.1, -0.05) is 24.3 Å².